The van der Waals surface area contributed by atoms with E-state index in [0.29, 0.717) is 0 Å². The summed E-state index contributed by atoms with van der Waals surface area (Å²) in [5, 5.41) is 3.46. The molecular formula is C12H24N2O. The van der Waals surface area contributed by atoms with E-state index in [1.165, 1.54) is 38.9 Å². The Hall–Kier alpha value is -0.120. The molecule has 0 aromatic rings. The number of likely N-dealkylation sites (tertiary alicyclic amines) is 1. The van der Waals surface area contributed by atoms with Crippen LogP contribution in [0, 0.1) is 5.92 Å². The van der Waals surface area contributed by atoms with Gasteiger partial charge in [0.05, 0.1) is 6.61 Å². The summed E-state index contributed by atoms with van der Waals surface area (Å²) >= 11 is 0. The van der Waals surface area contributed by atoms with Crippen molar-refractivity contribution in [3.05, 3.63) is 0 Å². The van der Waals surface area contributed by atoms with Gasteiger partial charge in [0, 0.05) is 12.6 Å². The molecule has 3 nitrogen and oxygen atoms in total. The SMILES string of the molecule is CCNCC1CCN(C2CCOC2)CC1. The summed E-state index contributed by atoms with van der Waals surface area (Å²) in [4.78, 5) is 2.63. The van der Waals surface area contributed by atoms with E-state index in [2.05, 4.69) is 17.1 Å². The van der Waals surface area contributed by atoms with E-state index in [1.54, 1.807) is 0 Å². The Morgan fingerprint density at radius 3 is 2.67 bits per heavy atom. The molecule has 0 bridgehead atoms. The Bertz CT molecular complexity index is 172. The van der Waals surface area contributed by atoms with Crippen molar-refractivity contribution in [3.63, 3.8) is 0 Å². The first-order valence-corrected chi connectivity index (χ1v) is 6.42. The quantitative estimate of drug-likeness (QED) is 0.755. The molecule has 2 rings (SSSR count). The van der Waals surface area contributed by atoms with E-state index in [4.69, 9.17) is 4.74 Å². The third-order valence-electron chi connectivity index (χ3n) is 3.75. The standard InChI is InChI=1S/C12H24N2O/c1-2-13-9-11-3-6-14(7-4-11)12-5-8-15-10-12/h11-13H,2-10H2,1H3. The van der Waals surface area contributed by atoms with Crippen LogP contribution in [0.15, 0.2) is 0 Å². The summed E-state index contributed by atoms with van der Waals surface area (Å²) in [7, 11) is 0. The maximum Gasteiger partial charge on any atom is 0.0622 e. The Balaban J connectivity index is 1.67. The summed E-state index contributed by atoms with van der Waals surface area (Å²) < 4.78 is 5.45. The Morgan fingerprint density at radius 2 is 2.07 bits per heavy atom. The summed E-state index contributed by atoms with van der Waals surface area (Å²) in [6.45, 7) is 9.02. The van der Waals surface area contributed by atoms with E-state index < -0.39 is 0 Å². The largest absolute Gasteiger partial charge is 0.380 e. The van der Waals surface area contributed by atoms with Gasteiger partial charge in [-0.2, -0.15) is 0 Å². The van der Waals surface area contributed by atoms with Gasteiger partial charge >= 0.3 is 0 Å². The molecule has 0 radical (unpaired) electrons. The highest BCUT2D eigenvalue weighted by Gasteiger charge is 2.27. The second-order valence-corrected chi connectivity index (χ2v) is 4.80. The smallest absolute Gasteiger partial charge is 0.0622 e. The minimum Gasteiger partial charge on any atom is -0.380 e. The summed E-state index contributed by atoms with van der Waals surface area (Å²) in [6.07, 6.45) is 3.98. The first-order chi connectivity index (χ1) is 7.40. The minimum atomic E-state index is 0.727. The fraction of sp³-hybridized carbons (Fsp3) is 1.00. The molecule has 2 saturated heterocycles. The molecule has 0 spiro atoms. The van der Waals surface area contributed by atoms with Crippen molar-refractivity contribution >= 4 is 0 Å². The fourth-order valence-electron chi connectivity index (χ4n) is 2.68. The predicted molar refractivity (Wildman–Crippen MR) is 62.1 cm³/mol. The van der Waals surface area contributed by atoms with E-state index in [-0.39, 0.29) is 0 Å². The van der Waals surface area contributed by atoms with Crippen molar-refractivity contribution in [2.75, 3.05) is 39.4 Å². The molecule has 2 aliphatic heterocycles. The molecule has 2 heterocycles. The molecule has 0 aromatic heterocycles. The average Bonchev–Trinajstić information content (AvgIpc) is 2.80. The number of rotatable bonds is 4. The van der Waals surface area contributed by atoms with E-state index >= 15 is 0 Å². The van der Waals surface area contributed by atoms with Crippen LogP contribution < -0.4 is 5.32 Å². The maximum absolute atomic E-state index is 5.45. The van der Waals surface area contributed by atoms with Crippen LogP contribution in [0.25, 0.3) is 0 Å². The molecule has 1 unspecified atom stereocenters. The van der Waals surface area contributed by atoms with Gasteiger partial charge in [0.1, 0.15) is 0 Å². The highest BCUT2D eigenvalue weighted by Crippen LogP contribution is 2.21. The first kappa shape index (κ1) is 11.4. The second-order valence-electron chi connectivity index (χ2n) is 4.80. The monoisotopic (exact) mass is 212 g/mol. The molecule has 3 heteroatoms. The molecule has 2 fully saturated rings. The maximum atomic E-state index is 5.45. The van der Waals surface area contributed by atoms with Gasteiger partial charge in [0.15, 0.2) is 0 Å². The zero-order valence-electron chi connectivity index (χ0n) is 9.87. The first-order valence-electron chi connectivity index (χ1n) is 6.42. The average molecular weight is 212 g/mol. The molecule has 1 atom stereocenters. The van der Waals surface area contributed by atoms with E-state index in [0.717, 1.165) is 31.7 Å². The highest BCUT2D eigenvalue weighted by atomic mass is 16.5. The number of hydrogen-bond donors (Lipinski definition) is 1. The van der Waals surface area contributed by atoms with Gasteiger partial charge in [-0.3, -0.25) is 4.90 Å². The van der Waals surface area contributed by atoms with Crippen molar-refractivity contribution in [1.82, 2.24) is 10.2 Å². The van der Waals surface area contributed by atoms with Gasteiger partial charge in [-0.05, 0) is 51.4 Å². The minimum absolute atomic E-state index is 0.727. The fourth-order valence-corrected chi connectivity index (χ4v) is 2.68. The van der Waals surface area contributed by atoms with E-state index in [1.807, 2.05) is 0 Å². The summed E-state index contributed by atoms with van der Waals surface area (Å²) in [5.41, 5.74) is 0. The van der Waals surface area contributed by atoms with Crippen LogP contribution in [0.4, 0.5) is 0 Å². The Labute approximate surface area is 93.2 Å². The normalized spacial score (nSPS) is 29.8. The third kappa shape index (κ3) is 3.16. The molecule has 2 aliphatic rings. The van der Waals surface area contributed by atoms with Gasteiger partial charge < -0.3 is 10.1 Å². The molecule has 0 aromatic carbocycles. The summed E-state index contributed by atoms with van der Waals surface area (Å²) in [6, 6.07) is 0.727. The molecule has 0 aliphatic carbocycles. The van der Waals surface area contributed by atoms with Crippen LogP contribution in [0.3, 0.4) is 0 Å². The number of piperidine rings is 1. The molecule has 88 valence electrons. The zero-order valence-corrected chi connectivity index (χ0v) is 9.87. The van der Waals surface area contributed by atoms with Crippen molar-refractivity contribution in [3.8, 4) is 0 Å². The lowest BCUT2D eigenvalue weighted by Crippen LogP contribution is -2.43. The van der Waals surface area contributed by atoms with Crippen LogP contribution in [0.1, 0.15) is 26.2 Å². The van der Waals surface area contributed by atoms with Crippen molar-refractivity contribution < 1.29 is 4.74 Å². The predicted octanol–water partition coefficient (Wildman–Crippen LogP) is 1.10. The number of nitrogens with zero attached hydrogens (tertiary/aromatic N) is 1. The van der Waals surface area contributed by atoms with Crippen LogP contribution in [-0.4, -0.2) is 50.3 Å². The van der Waals surface area contributed by atoms with Gasteiger partial charge in [0.2, 0.25) is 0 Å². The van der Waals surface area contributed by atoms with Gasteiger partial charge in [-0.15, -0.1) is 0 Å². The number of hydrogen-bond acceptors (Lipinski definition) is 3. The lowest BCUT2D eigenvalue weighted by atomic mass is 9.95. The van der Waals surface area contributed by atoms with Gasteiger partial charge in [0.25, 0.3) is 0 Å². The van der Waals surface area contributed by atoms with Gasteiger partial charge in [-0.25, -0.2) is 0 Å². The molecule has 0 amide bonds. The van der Waals surface area contributed by atoms with Crippen LogP contribution in [-0.2, 0) is 4.74 Å². The van der Waals surface area contributed by atoms with Crippen LogP contribution in [0.2, 0.25) is 0 Å². The molecule has 1 N–H and O–H groups in total. The molecule has 15 heavy (non-hydrogen) atoms. The van der Waals surface area contributed by atoms with Crippen molar-refractivity contribution in [1.29, 1.82) is 0 Å². The Kier molecular flexibility index (Phi) is 4.42. The van der Waals surface area contributed by atoms with Gasteiger partial charge in [-0.1, -0.05) is 6.92 Å². The van der Waals surface area contributed by atoms with Crippen LogP contribution >= 0.6 is 0 Å². The zero-order chi connectivity index (χ0) is 10.5. The van der Waals surface area contributed by atoms with Crippen molar-refractivity contribution in [2.45, 2.75) is 32.2 Å². The van der Waals surface area contributed by atoms with Crippen LogP contribution in [0.5, 0.6) is 0 Å². The topological polar surface area (TPSA) is 24.5 Å². The second kappa shape index (κ2) is 5.83. The molecular weight excluding hydrogens is 188 g/mol. The van der Waals surface area contributed by atoms with E-state index in [9.17, 15) is 0 Å². The highest BCUT2D eigenvalue weighted by molar-refractivity contribution is 4.81. The third-order valence-corrected chi connectivity index (χ3v) is 3.75. The number of nitrogens with one attached hydrogen (secondary N) is 1. The summed E-state index contributed by atoms with van der Waals surface area (Å²) in [5.74, 6) is 0.906. The molecule has 0 saturated carbocycles. The Morgan fingerprint density at radius 1 is 1.27 bits per heavy atom. The number of ether oxygens (including phenoxy) is 1. The lowest BCUT2D eigenvalue weighted by molar-refractivity contribution is 0.110. The lowest BCUT2D eigenvalue weighted by Gasteiger charge is -2.35. The van der Waals surface area contributed by atoms with Crippen molar-refractivity contribution in [2.24, 2.45) is 5.92 Å².